The van der Waals surface area contributed by atoms with Crippen molar-refractivity contribution in [2.75, 3.05) is 13.7 Å². The van der Waals surface area contributed by atoms with E-state index in [-0.39, 0.29) is 12.5 Å². The molecule has 0 aliphatic heterocycles. The van der Waals surface area contributed by atoms with Gasteiger partial charge in [-0.15, -0.1) is 0 Å². The summed E-state index contributed by atoms with van der Waals surface area (Å²) in [7, 11) is 1.24. The summed E-state index contributed by atoms with van der Waals surface area (Å²) in [5, 5.41) is 5.36. The molecule has 2 N–H and O–H groups in total. The standard InChI is InChI=1S/C28H45N3O6/c1-17(2)15-20(30-26(35)37-28(8,9)10)25(34)31(27(5,6)7)23(24(33)29-16-21(32)36-11)22-18(3)13-12-14-19(22)4/h12-14,17,20,23H,15-16H2,1-11H3,(H,29,33)(H,30,35). The highest BCUT2D eigenvalue weighted by atomic mass is 16.6. The number of carbonyl (C=O) groups is 4. The van der Waals surface area contributed by atoms with Crippen molar-refractivity contribution in [2.45, 2.75) is 98.9 Å². The van der Waals surface area contributed by atoms with Crippen LogP contribution >= 0.6 is 0 Å². The molecule has 0 aliphatic carbocycles. The molecule has 1 aromatic rings. The van der Waals surface area contributed by atoms with Crippen molar-refractivity contribution in [3.05, 3.63) is 34.9 Å². The van der Waals surface area contributed by atoms with Crippen LogP contribution in [0.15, 0.2) is 18.2 Å². The summed E-state index contributed by atoms with van der Waals surface area (Å²) in [5.74, 6) is -1.48. The molecule has 9 nitrogen and oxygen atoms in total. The Morgan fingerprint density at radius 1 is 0.973 bits per heavy atom. The Morgan fingerprint density at radius 3 is 1.95 bits per heavy atom. The van der Waals surface area contributed by atoms with Crippen molar-refractivity contribution in [3.8, 4) is 0 Å². The van der Waals surface area contributed by atoms with Gasteiger partial charge in [-0.1, -0.05) is 32.0 Å². The summed E-state index contributed by atoms with van der Waals surface area (Å²) in [6.45, 7) is 18.0. The lowest BCUT2D eigenvalue weighted by Crippen LogP contribution is -2.59. The van der Waals surface area contributed by atoms with Gasteiger partial charge >= 0.3 is 12.1 Å². The maximum atomic E-state index is 14.2. The van der Waals surface area contributed by atoms with Crippen LogP contribution in [0.2, 0.25) is 0 Å². The molecule has 0 radical (unpaired) electrons. The lowest BCUT2D eigenvalue weighted by atomic mass is 9.89. The topological polar surface area (TPSA) is 114 Å². The van der Waals surface area contributed by atoms with Crippen molar-refractivity contribution in [2.24, 2.45) is 5.92 Å². The summed E-state index contributed by atoms with van der Waals surface area (Å²) >= 11 is 0. The average molecular weight is 520 g/mol. The second kappa shape index (κ2) is 12.9. The smallest absolute Gasteiger partial charge is 0.408 e. The van der Waals surface area contributed by atoms with Crippen LogP contribution in [0.5, 0.6) is 0 Å². The average Bonchev–Trinajstić information content (AvgIpc) is 2.73. The molecule has 0 fully saturated rings. The normalized spacial score (nSPS) is 13.4. The number of rotatable bonds is 9. The Morgan fingerprint density at radius 2 is 1.51 bits per heavy atom. The molecule has 9 heteroatoms. The molecule has 1 aromatic carbocycles. The molecule has 37 heavy (non-hydrogen) atoms. The number of hydrogen-bond donors (Lipinski definition) is 2. The van der Waals surface area contributed by atoms with E-state index in [1.165, 1.54) is 12.0 Å². The number of hydrogen-bond acceptors (Lipinski definition) is 6. The monoisotopic (exact) mass is 519 g/mol. The van der Waals surface area contributed by atoms with Gasteiger partial charge in [-0.3, -0.25) is 14.4 Å². The summed E-state index contributed by atoms with van der Waals surface area (Å²) < 4.78 is 10.1. The highest BCUT2D eigenvalue weighted by Crippen LogP contribution is 2.34. The van der Waals surface area contributed by atoms with E-state index in [4.69, 9.17) is 4.74 Å². The zero-order valence-corrected chi connectivity index (χ0v) is 24.3. The molecular formula is C28H45N3O6. The lowest BCUT2D eigenvalue weighted by molar-refractivity contribution is -0.149. The first-order valence-corrected chi connectivity index (χ1v) is 12.6. The van der Waals surface area contributed by atoms with Crippen molar-refractivity contribution in [1.82, 2.24) is 15.5 Å². The molecule has 2 atom stereocenters. The zero-order chi connectivity index (χ0) is 28.7. The minimum Gasteiger partial charge on any atom is -0.468 e. The summed E-state index contributed by atoms with van der Waals surface area (Å²) in [5.41, 5.74) is 0.729. The van der Waals surface area contributed by atoms with E-state index in [0.717, 1.165) is 11.1 Å². The maximum absolute atomic E-state index is 14.2. The SMILES string of the molecule is COC(=O)CNC(=O)C(c1c(C)cccc1C)N(C(=O)C(CC(C)C)NC(=O)OC(C)(C)C)C(C)(C)C. The van der Waals surface area contributed by atoms with Crippen LogP contribution in [0.1, 0.15) is 84.5 Å². The second-order valence-electron chi connectivity index (χ2n) is 11.7. The second-order valence-corrected chi connectivity index (χ2v) is 11.7. The molecular weight excluding hydrogens is 474 g/mol. The van der Waals surface area contributed by atoms with Crippen LogP contribution in [0.25, 0.3) is 0 Å². The third-order valence-corrected chi connectivity index (χ3v) is 5.61. The molecule has 3 amide bonds. The molecule has 0 heterocycles. The molecule has 0 spiro atoms. The van der Waals surface area contributed by atoms with E-state index in [9.17, 15) is 19.2 Å². The minimum absolute atomic E-state index is 0.0671. The van der Waals surface area contributed by atoms with E-state index in [1.54, 1.807) is 20.8 Å². The first-order chi connectivity index (χ1) is 16.9. The van der Waals surface area contributed by atoms with Crippen molar-refractivity contribution < 1.29 is 28.7 Å². The quantitative estimate of drug-likeness (QED) is 0.473. The maximum Gasteiger partial charge on any atom is 0.408 e. The first-order valence-electron chi connectivity index (χ1n) is 12.6. The van der Waals surface area contributed by atoms with Gasteiger partial charge < -0.3 is 25.0 Å². The number of nitrogens with zero attached hydrogens (tertiary/aromatic N) is 1. The largest absolute Gasteiger partial charge is 0.468 e. The Balaban J connectivity index is 3.66. The molecule has 0 saturated heterocycles. The Labute approximate surface area is 221 Å². The van der Waals surface area contributed by atoms with Gasteiger partial charge in [-0.25, -0.2) is 4.79 Å². The summed E-state index contributed by atoms with van der Waals surface area (Å²) in [4.78, 5) is 53.9. The third-order valence-electron chi connectivity index (χ3n) is 5.61. The number of carbonyl (C=O) groups excluding carboxylic acids is 4. The number of nitrogens with one attached hydrogen (secondary N) is 2. The van der Waals surface area contributed by atoms with E-state index < -0.39 is 47.1 Å². The molecule has 1 rings (SSSR count). The summed E-state index contributed by atoms with van der Waals surface area (Å²) in [6, 6.07) is 3.63. The van der Waals surface area contributed by atoms with Gasteiger partial charge in [0, 0.05) is 5.54 Å². The van der Waals surface area contributed by atoms with Crippen molar-refractivity contribution >= 4 is 23.9 Å². The van der Waals surface area contributed by atoms with Gasteiger partial charge in [-0.2, -0.15) is 0 Å². The summed E-state index contributed by atoms with van der Waals surface area (Å²) in [6.07, 6.45) is -0.368. The number of esters is 1. The van der Waals surface area contributed by atoms with Crippen LogP contribution in [0, 0.1) is 19.8 Å². The molecule has 0 aliphatic rings. The van der Waals surface area contributed by atoms with Gasteiger partial charge in [0.15, 0.2) is 0 Å². The van der Waals surface area contributed by atoms with E-state index in [1.807, 2.05) is 66.7 Å². The van der Waals surface area contributed by atoms with Gasteiger partial charge in [0.05, 0.1) is 7.11 Å². The number of aryl methyl sites for hydroxylation is 2. The highest BCUT2D eigenvalue weighted by molar-refractivity contribution is 5.94. The van der Waals surface area contributed by atoms with Crippen LogP contribution in [-0.4, -0.2) is 59.6 Å². The molecule has 2 unspecified atom stereocenters. The third kappa shape index (κ3) is 9.70. The molecule has 208 valence electrons. The number of amides is 3. The van der Waals surface area contributed by atoms with Gasteiger partial charge in [0.25, 0.3) is 0 Å². The van der Waals surface area contributed by atoms with Crippen LogP contribution in [0.3, 0.4) is 0 Å². The first kappa shape index (κ1) is 31.9. The number of alkyl carbamates (subject to hydrolysis) is 1. The predicted molar refractivity (Wildman–Crippen MR) is 143 cm³/mol. The fraction of sp³-hybridized carbons (Fsp3) is 0.643. The van der Waals surface area contributed by atoms with Crippen molar-refractivity contribution in [3.63, 3.8) is 0 Å². The molecule has 0 saturated carbocycles. The fourth-order valence-corrected chi connectivity index (χ4v) is 4.12. The number of methoxy groups -OCH3 is 1. The van der Waals surface area contributed by atoms with E-state index >= 15 is 0 Å². The van der Waals surface area contributed by atoms with Gasteiger partial charge in [0.2, 0.25) is 11.8 Å². The number of ether oxygens (including phenoxy) is 2. The van der Waals surface area contributed by atoms with Crippen LogP contribution in [-0.2, 0) is 23.9 Å². The van der Waals surface area contributed by atoms with Crippen molar-refractivity contribution in [1.29, 1.82) is 0 Å². The zero-order valence-electron chi connectivity index (χ0n) is 24.3. The minimum atomic E-state index is -1.06. The Kier molecular flexibility index (Phi) is 11.2. The lowest BCUT2D eigenvalue weighted by Gasteiger charge is -2.44. The van der Waals surface area contributed by atoms with Crippen LogP contribution < -0.4 is 10.6 Å². The molecule has 0 aromatic heterocycles. The van der Waals surface area contributed by atoms with E-state index in [0.29, 0.717) is 12.0 Å². The highest BCUT2D eigenvalue weighted by Gasteiger charge is 2.43. The van der Waals surface area contributed by atoms with E-state index in [2.05, 4.69) is 15.4 Å². The van der Waals surface area contributed by atoms with Crippen LogP contribution in [0.4, 0.5) is 4.79 Å². The van der Waals surface area contributed by atoms with Gasteiger partial charge in [-0.05, 0) is 84.4 Å². The predicted octanol–water partition coefficient (Wildman–Crippen LogP) is 4.20. The van der Waals surface area contributed by atoms with Gasteiger partial charge in [0.1, 0.15) is 24.2 Å². The number of benzene rings is 1. The molecule has 0 bridgehead atoms. The Bertz CT molecular complexity index is 955. The Hall–Kier alpha value is -3.10. The fourth-order valence-electron chi connectivity index (χ4n) is 4.12.